The van der Waals surface area contributed by atoms with Crippen LogP contribution in [0.4, 0.5) is 0 Å². The molecule has 1 amide bonds. The highest BCUT2D eigenvalue weighted by atomic mass is 35.5. The maximum absolute atomic E-state index is 12.0. The van der Waals surface area contributed by atoms with Crippen LogP contribution in [0.3, 0.4) is 0 Å². The fourth-order valence-electron chi connectivity index (χ4n) is 2.51. The van der Waals surface area contributed by atoms with E-state index in [1.807, 2.05) is 23.8 Å². The van der Waals surface area contributed by atoms with Crippen LogP contribution in [0.2, 0.25) is 5.02 Å². The van der Waals surface area contributed by atoms with Gasteiger partial charge < -0.3 is 9.88 Å². The van der Waals surface area contributed by atoms with Crippen LogP contribution in [0, 0.1) is 0 Å². The molecule has 0 saturated carbocycles. The minimum atomic E-state index is 0.114. The van der Waals surface area contributed by atoms with E-state index >= 15 is 0 Å². The van der Waals surface area contributed by atoms with E-state index in [9.17, 15) is 4.79 Å². The van der Waals surface area contributed by atoms with Gasteiger partial charge >= 0.3 is 0 Å². The van der Waals surface area contributed by atoms with Crippen molar-refractivity contribution in [3.8, 4) is 0 Å². The van der Waals surface area contributed by atoms with Gasteiger partial charge in [-0.15, -0.1) is 11.3 Å². The van der Waals surface area contributed by atoms with Gasteiger partial charge in [-0.2, -0.15) is 0 Å². The molecule has 3 heterocycles. The van der Waals surface area contributed by atoms with E-state index in [0.717, 1.165) is 41.5 Å². The molecular weight excluding hydrogens is 294 g/mol. The number of thiophene rings is 1. The van der Waals surface area contributed by atoms with Crippen LogP contribution in [-0.4, -0.2) is 21.5 Å². The molecule has 0 aliphatic carbocycles. The van der Waals surface area contributed by atoms with Gasteiger partial charge in [-0.3, -0.25) is 4.79 Å². The van der Waals surface area contributed by atoms with Gasteiger partial charge in [0.2, 0.25) is 5.91 Å². The lowest BCUT2D eigenvalue weighted by Gasteiger charge is -2.24. The molecule has 1 N–H and O–H groups in total. The predicted molar refractivity (Wildman–Crippen MR) is 80.1 cm³/mol. The average Bonchev–Trinajstić information content (AvgIpc) is 3.04. The fourth-order valence-corrected chi connectivity index (χ4v) is 3.58. The Labute approximate surface area is 126 Å². The maximum atomic E-state index is 12.0. The van der Waals surface area contributed by atoms with Crippen LogP contribution in [-0.2, 0) is 24.2 Å². The lowest BCUT2D eigenvalue weighted by Crippen LogP contribution is -2.40. The third-order valence-corrected chi connectivity index (χ3v) is 4.86. The van der Waals surface area contributed by atoms with Gasteiger partial charge in [-0.25, -0.2) is 4.98 Å². The number of rotatable bonds is 4. The second-order valence-electron chi connectivity index (χ2n) is 5.03. The van der Waals surface area contributed by atoms with Crippen molar-refractivity contribution >= 4 is 28.8 Å². The second kappa shape index (κ2) is 5.97. The van der Waals surface area contributed by atoms with Crippen molar-refractivity contribution in [2.24, 2.45) is 0 Å². The van der Waals surface area contributed by atoms with Crippen molar-refractivity contribution in [1.29, 1.82) is 0 Å². The van der Waals surface area contributed by atoms with E-state index in [0.29, 0.717) is 6.42 Å². The van der Waals surface area contributed by atoms with E-state index in [1.165, 1.54) is 0 Å². The molecule has 0 fully saturated rings. The standard InChI is InChI=1S/C14H16ClN3OS/c15-10-7-12(20-9-10)2-4-14(19)17-11-1-3-13-16-5-6-18(13)8-11/h5-7,9,11H,1-4,8H2,(H,17,19). The number of nitrogens with zero attached hydrogens (tertiary/aromatic N) is 2. The monoisotopic (exact) mass is 309 g/mol. The minimum absolute atomic E-state index is 0.114. The Bertz CT molecular complexity index is 607. The molecule has 2 aromatic heterocycles. The van der Waals surface area contributed by atoms with Crippen molar-refractivity contribution in [3.05, 3.63) is 39.6 Å². The molecule has 1 aliphatic rings. The maximum Gasteiger partial charge on any atom is 0.220 e. The molecule has 1 atom stereocenters. The van der Waals surface area contributed by atoms with E-state index in [4.69, 9.17) is 11.6 Å². The normalized spacial score (nSPS) is 17.8. The first-order valence-corrected chi connectivity index (χ1v) is 7.99. The Hall–Kier alpha value is -1.33. The summed E-state index contributed by atoms with van der Waals surface area (Å²) in [5.74, 6) is 1.23. The predicted octanol–water partition coefficient (Wildman–Crippen LogP) is 2.66. The van der Waals surface area contributed by atoms with Gasteiger partial charge in [0.25, 0.3) is 0 Å². The number of hydrogen-bond donors (Lipinski definition) is 1. The zero-order chi connectivity index (χ0) is 13.9. The van der Waals surface area contributed by atoms with Crippen molar-refractivity contribution in [3.63, 3.8) is 0 Å². The van der Waals surface area contributed by atoms with Gasteiger partial charge in [0.15, 0.2) is 0 Å². The van der Waals surface area contributed by atoms with E-state index in [1.54, 1.807) is 11.3 Å². The summed E-state index contributed by atoms with van der Waals surface area (Å²) < 4.78 is 2.12. The smallest absolute Gasteiger partial charge is 0.220 e. The Morgan fingerprint density at radius 2 is 2.50 bits per heavy atom. The molecule has 1 unspecified atom stereocenters. The molecule has 106 valence electrons. The van der Waals surface area contributed by atoms with Crippen LogP contribution in [0.25, 0.3) is 0 Å². The number of aryl methyl sites for hydroxylation is 2. The summed E-state index contributed by atoms with van der Waals surface area (Å²) in [4.78, 5) is 17.4. The number of carbonyl (C=O) groups excluding carboxylic acids is 1. The zero-order valence-corrected chi connectivity index (χ0v) is 12.6. The average molecular weight is 310 g/mol. The van der Waals surface area contributed by atoms with Gasteiger partial charge in [-0.1, -0.05) is 11.6 Å². The minimum Gasteiger partial charge on any atom is -0.352 e. The number of fused-ring (bicyclic) bond motifs is 1. The van der Waals surface area contributed by atoms with Crippen molar-refractivity contribution in [2.75, 3.05) is 0 Å². The topological polar surface area (TPSA) is 46.9 Å². The quantitative estimate of drug-likeness (QED) is 0.944. The summed E-state index contributed by atoms with van der Waals surface area (Å²) in [5, 5.41) is 5.76. The number of halogens is 1. The van der Waals surface area contributed by atoms with E-state index in [2.05, 4.69) is 14.9 Å². The van der Waals surface area contributed by atoms with Gasteiger partial charge in [0.1, 0.15) is 5.82 Å². The van der Waals surface area contributed by atoms with Crippen molar-refractivity contribution in [1.82, 2.24) is 14.9 Å². The molecule has 0 saturated heterocycles. The molecule has 6 heteroatoms. The highest BCUT2D eigenvalue weighted by Gasteiger charge is 2.20. The second-order valence-corrected chi connectivity index (χ2v) is 6.46. The molecule has 20 heavy (non-hydrogen) atoms. The number of imidazole rings is 1. The van der Waals surface area contributed by atoms with Crippen LogP contribution >= 0.6 is 22.9 Å². The largest absolute Gasteiger partial charge is 0.352 e. The number of carbonyl (C=O) groups is 1. The number of hydrogen-bond acceptors (Lipinski definition) is 3. The molecule has 3 rings (SSSR count). The van der Waals surface area contributed by atoms with Crippen LogP contribution in [0.15, 0.2) is 23.8 Å². The lowest BCUT2D eigenvalue weighted by atomic mass is 10.1. The molecule has 0 bridgehead atoms. The number of aromatic nitrogens is 2. The lowest BCUT2D eigenvalue weighted by molar-refractivity contribution is -0.121. The molecule has 0 aromatic carbocycles. The third-order valence-electron chi connectivity index (χ3n) is 3.52. The summed E-state index contributed by atoms with van der Waals surface area (Å²) in [7, 11) is 0. The van der Waals surface area contributed by atoms with E-state index in [-0.39, 0.29) is 11.9 Å². The first kappa shape index (κ1) is 13.6. The molecule has 0 spiro atoms. The third kappa shape index (κ3) is 3.22. The Kier molecular flexibility index (Phi) is 4.08. The molecule has 0 radical (unpaired) electrons. The summed E-state index contributed by atoms with van der Waals surface area (Å²) in [5.41, 5.74) is 0. The highest BCUT2D eigenvalue weighted by Crippen LogP contribution is 2.20. The Balaban J connectivity index is 1.47. The summed E-state index contributed by atoms with van der Waals surface area (Å²) in [6.07, 6.45) is 6.96. The highest BCUT2D eigenvalue weighted by molar-refractivity contribution is 7.10. The van der Waals surface area contributed by atoms with Gasteiger partial charge in [-0.05, 0) is 18.9 Å². The Morgan fingerprint density at radius 3 is 3.30 bits per heavy atom. The summed E-state index contributed by atoms with van der Waals surface area (Å²) in [6.45, 7) is 0.825. The molecule has 2 aromatic rings. The molecular formula is C14H16ClN3OS. The Morgan fingerprint density at radius 1 is 1.60 bits per heavy atom. The number of amides is 1. The van der Waals surface area contributed by atoms with Crippen molar-refractivity contribution in [2.45, 2.75) is 38.3 Å². The molecule has 1 aliphatic heterocycles. The van der Waals surface area contributed by atoms with Crippen molar-refractivity contribution < 1.29 is 4.79 Å². The summed E-state index contributed by atoms with van der Waals surface area (Å²) in [6, 6.07) is 2.15. The SMILES string of the molecule is O=C(CCc1cc(Cl)cs1)NC1CCc2nccn2C1. The first-order valence-electron chi connectivity index (χ1n) is 6.73. The first-order chi connectivity index (χ1) is 9.70. The number of nitrogens with one attached hydrogen (secondary N) is 1. The van der Waals surface area contributed by atoms with Crippen LogP contribution < -0.4 is 5.32 Å². The molecule has 4 nitrogen and oxygen atoms in total. The van der Waals surface area contributed by atoms with Crippen LogP contribution in [0.5, 0.6) is 0 Å². The van der Waals surface area contributed by atoms with Crippen LogP contribution in [0.1, 0.15) is 23.5 Å². The fraction of sp³-hybridized carbons (Fsp3) is 0.429. The summed E-state index contributed by atoms with van der Waals surface area (Å²) >= 11 is 7.47. The van der Waals surface area contributed by atoms with E-state index < -0.39 is 0 Å². The van der Waals surface area contributed by atoms with Gasteiger partial charge in [0.05, 0.1) is 5.02 Å². The zero-order valence-electron chi connectivity index (χ0n) is 11.0. The van der Waals surface area contributed by atoms with Gasteiger partial charge in [0, 0.05) is 48.1 Å².